The monoisotopic (exact) mass is 251 g/mol. The molecule has 1 aromatic heterocycles. The van der Waals surface area contributed by atoms with Crippen molar-refractivity contribution in [2.45, 2.75) is 12.3 Å². The van der Waals surface area contributed by atoms with Crippen molar-refractivity contribution in [3.63, 3.8) is 0 Å². The Balaban J connectivity index is 2.44. The van der Waals surface area contributed by atoms with Gasteiger partial charge >= 0.3 is 0 Å². The maximum absolute atomic E-state index is 5.13. The van der Waals surface area contributed by atoms with Gasteiger partial charge in [0.05, 0.1) is 5.33 Å². The summed E-state index contributed by atoms with van der Waals surface area (Å²) in [5.41, 5.74) is 3.24. The molecule has 0 aliphatic carbocycles. The Bertz CT molecular complexity index is 436. The highest BCUT2D eigenvalue weighted by molar-refractivity contribution is 9.08. The first kappa shape index (κ1) is 9.46. The van der Waals surface area contributed by atoms with Gasteiger partial charge in [-0.3, -0.25) is 0 Å². The Morgan fingerprint density at radius 1 is 1.36 bits per heavy atom. The Morgan fingerprint density at radius 3 is 2.79 bits per heavy atom. The van der Waals surface area contributed by atoms with E-state index < -0.39 is 0 Å². The number of nitrogens with zero attached hydrogens (tertiary/aromatic N) is 1. The van der Waals surface area contributed by atoms with Crippen molar-refractivity contribution < 1.29 is 4.52 Å². The van der Waals surface area contributed by atoms with Crippen LogP contribution in [0.15, 0.2) is 34.9 Å². The fourth-order valence-corrected chi connectivity index (χ4v) is 1.63. The molecule has 72 valence electrons. The van der Waals surface area contributed by atoms with Gasteiger partial charge in [-0.25, -0.2) is 0 Å². The summed E-state index contributed by atoms with van der Waals surface area (Å²) >= 11 is 3.33. The lowest BCUT2D eigenvalue weighted by molar-refractivity contribution is 0.398. The van der Waals surface area contributed by atoms with Crippen LogP contribution >= 0.6 is 15.9 Å². The van der Waals surface area contributed by atoms with E-state index in [2.05, 4.69) is 34.1 Å². The second-order valence-corrected chi connectivity index (χ2v) is 3.69. The predicted octanol–water partition coefficient (Wildman–Crippen LogP) is 3.54. The summed E-state index contributed by atoms with van der Waals surface area (Å²) in [6, 6.07) is 10.1. The summed E-state index contributed by atoms with van der Waals surface area (Å²) in [6.07, 6.45) is 0. The third-order valence-electron chi connectivity index (χ3n) is 2.11. The number of rotatable bonds is 2. The summed E-state index contributed by atoms with van der Waals surface area (Å²) in [7, 11) is 0. The zero-order valence-electron chi connectivity index (χ0n) is 7.83. The van der Waals surface area contributed by atoms with Crippen molar-refractivity contribution in [3.05, 3.63) is 41.7 Å². The van der Waals surface area contributed by atoms with E-state index in [1.54, 1.807) is 0 Å². The Labute approximate surface area is 91.1 Å². The lowest BCUT2D eigenvalue weighted by Gasteiger charge is -1.98. The van der Waals surface area contributed by atoms with E-state index in [-0.39, 0.29) is 0 Å². The van der Waals surface area contributed by atoms with Crippen LogP contribution < -0.4 is 0 Å². The number of benzene rings is 1. The highest BCUT2D eigenvalue weighted by Gasteiger charge is 2.06. The number of halogens is 1. The largest absolute Gasteiger partial charge is 0.360 e. The van der Waals surface area contributed by atoms with Crippen LogP contribution in [0.2, 0.25) is 0 Å². The first-order valence-electron chi connectivity index (χ1n) is 4.39. The highest BCUT2D eigenvalue weighted by Crippen LogP contribution is 2.23. The number of hydrogen-bond acceptors (Lipinski definition) is 2. The molecule has 0 aliphatic heterocycles. The van der Waals surface area contributed by atoms with Gasteiger partial charge in [0.2, 0.25) is 0 Å². The van der Waals surface area contributed by atoms with Gasteiger partial charge in [-0.05, 0) is 12.5 Å². The summed E-state index contributed by atoms with van der Waals surface area (Å²) in [6.45, 7) is 2.07. The van der Waals surface area contributed by atoms with Crippen LogP contribution in [0, 0.1) is 6.92 Å². The molecule has 1 aromatic carbocycles. The Hall–Kier alpha value is -1.09. The molecule has 14 heavy (non-hydrogen) atoms. The van der Waals surface area contributed by atoms with E-state index >= 15 is 0 Å². The summed E-state index contributed by atoms with van der Waals surface area (Å²) < 4.78 is 5.13. The van der Waals surface area contributed by atoms with Crippen molar-refractivity contribution in [3.8, 4) is 11.3 Å². The molecule has 0 saturated heterocycles. The smallest absolute Gasteiger partial charge is 0.147 e. The molecular formula is C11H10BrNO. The van der Waals surface area contributed by atoms with Crippen LogP contribution in [-0.4, -0.2) is 5.16 Å². The molecule has 0 atom stereocenters. The summed E-state index contributed by atoms with van der Waals surface area (Å²) in [5.74, 6) is 0.850. The average Bonchev–Trinajstić information content (AvgIpc) is 2.67. The third kappa shape index (κ3) is 1.73. The zero-order valence-corrected chi connectivity index (χ0v) is 9.41. The second-order valence-electron chi connectivity index (χ2n) is 3.13. The van der Waals surface area contributed by atoms with Crippen molar-refractivity contribution >= 4 is 15.9 Å². The van der Waals surface area contributed by atoms with Crippen LogP contribution in [0.25, 0.3) is 11.3 Å². The molecule has 0 radical (unpaired) electrons. The fraction of sp³-hybridized carbons (Fsp3) is 0.182. The van der Waals surface area contributed by atoms with E-state index in [0.29, 0.717) is 5.33 Å². The van der Waals surface area contributed by atoms with Gasteiger partial charge in [0.1, 0.15) is 11.5 Å². The number of aryl methyl sites for hydroxylation is 1. The fourth-order valence-electron chi connectivity index (χ4n) is 1.36. The maximum atomic E-state index is 5.13. The highest BCUT2D eigenvalue weighted by atomic mass is 79.9. The molecule has 0 aliphatic rings. The molecule has 2 nitrogen and oxygen atoms in total. The number of alkyl halides is 1. The van der Waals surface area contributed by atoms with E-state index in [4.69, 9.17) is 4.52 Å². The summed E-state index contributed by atoms with van der Waals surface area (Å²) in [5, 5.41) is 4.71. The predicted molar refractivity (Wildman–Crippen MR) is 59.3 cm³/mol. The van der Waals surface area contributed by atoms with Gasteiger partial charge in [-0.2, -0.15) is 0 Å². The molecule has 0 amide bonds. The molecule has 1 heterocycles. The van der Waals surface area contributed by atoms with Crippen LogP contribution in [0.3, 0.4) is 0 Å². The Kier molecular flexibility index (Phi) is 2.68. The van der Waals surface area contributed by atoms with Gasteiger partial charge in [0.15, 0.2) is 0 Å². The minimum absolute atomic E-state index is 0.700. The second kappa shape index (κ2) is 3.96. The number of hydrogen-bond donors (Lipinski definition) is 0. The zero-order chi connectivity index (χ0) is 9.97. The standard InChI is InChI=1S/C11H10BrNO/c1-8-4-2-3-5-10(8)11-6-9(7-12)14-13-11/h2-6H,7H2,1H3. The van der Waals surface area contributed by atoms with Gasteiger partial charge in [-0.15, -0.1) is 0 Å². The molecule has 2 rings (SSSR count). The van der Waals surface area contributed by atoms with Crippen LogP contribution in [0.5, 0.6) is 0 Å². The van der Waals surface area contributed by atoms with E-state index in [1.807, 2.05) is 24.3 Å². The van der Waals surface area contributed by atoms with Crippen LogP contribution in [-0.2, 0) is 5.33 Å². The van der Waals surface area contributed by atoms with Crippen molar-refractivity contribution in [1.82, 2.24) is 5.16 Å². The molecule has 3 heteroatoms. The lowest BCUT2D eigenvalue weighted by atomic mass is 10.1. The molecule has 0 spiro atoms. The quantitative estimate of drug-likeness (QED) is 0.764. The normalized spacial score (nSPS) is 10.4. The summed E-state index contributed by atoms with van der Waals surface area (Å²) in [4.78, 5) is 0. The SMILES string of the molecule is Cc1ccccc1-c1cc(CBr)on1. The van der Waals surface area contributed by atoms with Crippen molar-refractivity contribution in [2.75, 3.05) is 0 Å². The first-order chi connectivity index (χ1) is 6.81. The van der Waals surface area contributed by atoms with E-state index in [0.717, 1.165) is 17.0 Å². The molecule has 0 unspecified atom stereocenters. The van der Waals surface area contributed by atoms with Crippen LogP contribution in [0.4, 0.5) is 0 Å². The van der Waals surface area contributed by atoms with E-state index in [1.165, 1.54) is 5.56 Å². The number of aromatic nitrogens is 1. The van der Waals surface area contributed by atoms with Gasteiger partial charge < -0.3 is 4.52 Å². The molecule has 2 aromatic rings. The molecule has 0 fully saturated rings. The third-order valence-corrected chi connectivity index (χ3v) is 2.66. The molecule has 0 saturated carbocycles. The van der Waals surface area contributed by atoms with Gasteiger partial charge in [-0.1, -0.05) is 45.4 Å². The Morgan fingerprint density at radius 2 is 2.14 bits per heavy atom. The molecule has 0 N–H and O–H groups in total. The topological polar surface area (TPSA) is 26.0 Å². The van der Waals surface area contributed by atoms with Gasteiger partial charge in [0, 0.05) is 11.6 Å². The minimum atomic E-state index is 0.700. The maximum Gasteiger partial charge on any atom is 0.147 e. The van der Waals surface area contributed by atoms with E-state index in [9.17, 15) is 0 Å². The van der Waals surface area contributed by atoms with Crippen molar-refractivity contribution in [1.29, 1.82) is 0 Å². The lowest BCUT2D eigenvalue weighted by Crippen LogP contribution is -1.81. The minimum Gasteiger partial charge on any atom is -0.360 e. The van der Waals surface area contributed by atoms with Crippen molar-refractivity contribution in [2.24, 2.45) is 0 Å². The van der Waals surface area contributed by atoms with Gasteiger partial charge in [0.25, 0.3) is 0 Å². The molecular weight excluding hydrogens is 242 g/mol. The van der Waals surface area contributed by atoms with Crippen LogP contribution in [0.1, 0.15) is 11.3 Å². The first-order valence-corrected chi connectivity index (χ1v) is 5.51. The molecule has 0 bridgehead atoms. The average molecular weight is 252 g/mol.